The van der Waals surface area contributed by atoms with E-state index in [0.717, 1.165) is 28.8 Å². The summed E-state index contributed by atoms with van der Waals surface area (Å²) in [7, 11) is 0. The minimum absolute atomic E-state index is 0.0554. The van der Waals surface area contributed by atoms with Crippen LogP contribution in [0.15, 0.2) is 52.9 Å². The first-order valence-electron chi connectivity index (χ1n) is 8.14. The molecule has 2 aromatic carbocycles. The first-order chi connectivity index (χ1) is 11.6. The van der Waals surface area contributed by atoms with Crippen LogP contribution in [0.1, 0.15) is 31.9 Å². The number of fused-ring (bicyclic) bond motifs is 2. The van der Waals surface area contributed by atoms with E-state index in [2.05, 4.69) is 23.3 Å². The van der Waals surface area contributed by atoms with E-state index in [-0.39, 0.29) is 18.0 Å². The van der Waals surface area contributed by atoms with Crippen molar-refractivity contribution in [2.75, 3.05) is 10.2 Å². The summed E-state index contributed by atoms with van der Waals surface area (Å²) in [5.74, 6) is 0.0651. The second kappa shape index (κ2) is 5.67. The van der Waals surface area contributed by atoms with E-state index in [4.69, 9.17) is 4.42 Å². The zero-order chi connectivity index (χ0) is 16.7. The number of amides is 1. The fraction of sp³-hybridized carbons (Fsp3) is 0.263. The standard InChI is InChI=1S/C19H19N3O2/c1-12-11-16(14-7-3-5-9-17(14)22(12)13(2)23)21-19-20-15-8-4-6-10-18(15)24-19/h3-10,12,16H,11H2,1-2H3,(H,20,21)/t12-,16+/m1/s1. The summed E-state index contributed by atoms with van der Waals surface area (Å²) in [5.41, 5.74) is 3.65. The van der Waals surface area contributed by atoms with E-state index < -0.39 is 0 Å². The lowest BCUT2D eigenvalue weighted by Gasteiger charge is -2.38. The SMILES string of the molecule is CC(=O)N1c2ccccc2[C@@H](Nc2nc3ccccc3o2)C[C@H]1C. The molecule has 0 unspecified atom stereocenters. The fourth-order valence-electron chi connectivity index (χ4n) is 3.51. The van der Waals surface area contributed by atoms with Gasteiger partial charge in [-0.1, -0.05) is 30.3 Å². The van der Waals surface area contributed by atoms with Crippen molar-refractivity contribution in [3.8, 4) is 0 Å². The van der Waals surface area contributed by atoms with Gasteiger partial charge in [-0.15, -0.1) is 0 Å². The molecule has 1 aliphatic rings. The Bertz CT molecular complexity index is 869. The van der Waals surface area contributed by atoms with Crippen molar-refractivity contribution in [2.45, 2.75) is 32.4 Å². The minimum Gasteiger partial charge on any atom is -0.424 e. The largest absolute Gasteiger partial charge is 0.424 e. The molecule has 1 aliphatic heterocycles. The lowest BCUT2D eigenvalue weighted by atomic mass is 9.92. The van der Waals surface area contributed by atoms with Crippen molar-refractivity contribution >= 4 is 28.7 Å². The molecule has 0 spiro atoms. The van der Waals surface area contributed by atoms with Crippen LogP contribution in [-0.4, -0.2) is 16.9 Å². The van der Waals surface area contributed by atoms with Crippen LogP contribution in [0.4, 0.5) is 11.7 Å². The summed E-state index contributed by atoms with van der Waals surface area (Å²) >= 11 is 0. The first-order valence-corrected chi connectivity index (χ1v) is 8.14. The van der Waals surface area contributed by atoms with Gasteiger partial charge in [0.05, 0.1) is 6.04 Å². The van der Waals surface area contributed by atoms with Crippen LogP contribution < -0.4 is 10.2 Å². The van der Waals surface area contributed by atoms with E-state index >= 15 is 0 Å². The maximum atomic E-state index is 12.0. The molecule has 122 valence electrons. The molecule has 2 heterocycles. The topological polar surface area (TPSA) is 58.4 Å². The Balaban J connectivity index is 1.70. The van der Waals surface area contributed by atoms with Gasteiger partial charge >= 0.3 is 0 Å². The van der Waals surface area contributed by atoms with E-state index in [0.29, 0.717) is 6.01 Å². The second-order valence-electron chi connectivity index (χ2n) is 6.22. The Morgan fingerprint density at radius 3 is 2.75 bits per heavy atom. The van der Waals surface area contributed by atoms with Crippen LogP contribution in [0.5, 0.6) is 0 Å². The number of carbonyl (C=O) groups excluding carboxylic acids is 1. The second-order valence-corrected chi connectivity index (χ2v) is 6.22. The average Bonchev–Trinajstić information content (AvgIpc) is 2.96. The Labute approximate surface area is 140 Å². The number of benzene rings is 2. The maximum absolute atomic E-state index is 12.0. The van der Waals surface area contributed by atoms with E-state index in [1.807, 2.05) is 47.4 Å². The van der Waals surface area contributed by atoms with Gasteiger partial charge in [0.15, 0.2) is 5.58 Å². The molecule has 5 heteroatoms. The molecule has 0 saturated carbocycles. The Kier molecular flexibility index (Phi) is 3.49. The molecule has 0 bridgehead atoms. The smallest absolute Gasteiger partial charge is 0.296 e. The van der Waals surface area contributed by atoms with Gasteiger partial charge < -0.3 is 14.6 Å². The molecule has 24 heavy (non-hydrogen) atoms. The summed E-state index contributed by atoms with van der Waals surface area (Å²) in [5, 5.41) is 3.40. The van der Waals surface area contributed by atoms with Crippen molar-refractivity contribution in [3.63, 3.8) is 0 Å². The molecule has 3 aromatic rings. The summed E-state index contributed by atoms with van der Waals surface area (Å²) in [4.78, 5) is 18.4. The molecule has 1 amide bonds. The third-order valence-electron chi connectivity index (χ3n) is 4.52. The van der Waals surface area contributed by atoms with Crippen LogP contribution in [0.2, 0.25) is 0 Å². The van der Waals surface area contributed by atoms with Gasteiger partial charge in [0.2, 0.25) is 5.91 Å². The third-order valence-corrected chi connectivity index (χ3v) is 4.52. The normalized spacial score (nSPS) is 20.0. The van der Waals surface area contributed by atoms with Gasteiger partial charge in [0.25, 0.3) is 6.01 Å². The number of oxazole rings is 1. The maximum Gasteiger partial charge on any atom is 0.296 e. The number of nitrogens with one attached hydrogen (secondary N) is 1. The van der Waals surface area contributed by atoms with Crippen molar-refractivity contribution in [1.82, 2.24) is 4.98 Å². The Hall–Kier alpha value is -2.82. The molecule has 1 N–H and O–H groups in total. The van der Waals surface area contributed by atoms with Crippen molar-refractivity contribution < 1.29 is 9.21 Å². The highest BCUT2D eigenvalue weighted by Crippen LogP contribution is 2.39. The molecule has 0 aliphatic carbocycles. The number of aromatic nitrogens is 1. The van der Waals surface area contributed by atoms with Gasteiger partial charge in [0, 0.05) is 18.7 Å². The quantitative estimate of drug-likeness (QED) is 0.771. The molecule has 2 atom stereocenters. The third kappa shape index (κ3) is 2.42. The summed E-state index contributed by atoms with van der Waals surface area (Å²) in [6.07, 6.45) is 0.801. The van der Waals surface area contributed by atoms with Crippen molar-refractivity contribution in [1.29, 1.82) is 0 Å². The molecule has 0 saturated heterocycles. The molecule has 0 radical (unpaired) electrons. The summed E-state index contributed by atoms with van der Waals surface area (Å²) in [6, 6.07) is 16.4. The molecule has 0 fully saturated rings. The number of carbonyl (C=O) groups is 1. The molecular weight excluding hydrogens is 302 g/mol. The zero-order valence-corrected chi connectivity index (χ0v) is 13.7. The van der Waals surface area contributed by atoms with Crippen LogP contribution in [0.3, 0.4) is 0 Å². The monoisotopic (exact) mass is 321 g/mol. The van der Waals surface area contributed by atoms with Crippen molar-refractivity contribution in [3.05, 3.63) is 54.1 Å². The minimum atomic E-state index is 0.0554. The van der Waals surface area contributed by atoms with Crippen LogP contribution in [-0.2, 0) is 4.79 Å². The van der Waals surface area contributed by atoms with Crippen LogP contribution in [0.25, 0.3) is 11.1 Å². The lowest BCUT2D eigenvalue weighted by Crippen LogP contribution is -2.43. The Morgan fingerprint density at radius 2 is 1.96 bits per heavy atom. The van der Waals surface area contributed by atoms with Gasteiger partial charge in [-0.05, 0) is 37.1 Å². The van der Waals surface area contributed by atoms with Crippen LogP contribution >= 0.6 is 0 Å². The highest BCUT2D eigenvalue weighted by molar-refractivity contribution is 5.93. The first kappa shape index (κ1) is 14.8. The number of rotatable bonds is 2. The predicted octanol–water partition coefficient (Wildman–Crippen LogP) is 4.13. The number of hydrogen-bond donors (Lipinski definition) is 1. The number of hydrogen-bond acceptors (Lipinski definition) is 4. The van der Waals surface area contributed by atoms with Crippen molar-refractivity contribution in [2.24, 2.45) is 0 Å². The van der Waals surface area contributed by atoms with E-state index in [1.165, 1.54) is 0 Å². The molecule has 4 rings (SSSR count). The van der Waals surface area contributed by atoms with E-state index in [9.17, 15) is 4.79 Å². The number of anilines is 2. The highest BCUT2D eigenvalue weighted by Gasteiger charge is 2.32. The number of nitrogens with zero attached hydrogens (tertiary/aromatic N) is 2. The highest BCUT2D eigenvalue weighted by atomic mass is 16.4. The van der Waals surface area contributed by atoms with Crippen LogP contribution in [0, 0.1) is 0 Å². The predicted molar refractivity (Wildman–Crippen MR) is 94.1 cm³/mol. The summed E-state index contributed by atoms with van der Waals surface area (Å²) in [6.45, 7) is 3.68. The van der Waals surface area contributed by atoms with Gasteiger partial charge in [-0.25, -0.2) is 0 Å². The van der Waals surface area contributed by atoms with Gasteiger partial charge in [-0.2, -0.15) is 4.98 Å². The average molecular weight is 321 g/mol. The molecule has 5 nitrogen and oxygen atoms in total. The number of para-hydroxylation sites is 3. The zero-order valence-electron chi connectivity index (χ0n) is 13.7. The van der Waals surface area contributed by atoms with E-state index in [1.54, 1.807) is 6.92 Å². The lowest BCUT2D eigenvalue weighted by molar-refractivity contribution is -0.117. The molecular formula is C19H19N3O2. The molecule has 1 aromatic heterocycles. The van der Waals surface area contributed by atoms with Gasteiger partial charge in [0.1, 0.15) is 5.52 Å². The fourth-order valence-corrected chi connectivity index (χ4v) is 3.51. The summed E-state index contributed by atoms with van der Waals surface area (Å²) < 4.78 is 5.79. The Morgan fingerprint density at radius 1 is 1.21 bits per heavy atom. The van der Waals surface area contributed by atoms with Gasteiger partial charge in [-0.3, -0.25) is 4.79 Å².